The number of nitrogens with zero attached hydrogens (tertiary/aromatic N) is 1. The Bertz CT molecular complexity index is 1260. The Morgan fingerprint density at radius 1 is 1.11 bits per heavy atom. The van der Waals surface area contributed by atoms with Gasteiger partial charge in [-0.2, -0.15) is 4.57 Å². The number of hydrogen-bond donors (Lipinski definition) is 1. The molecule has 0 amide bonds. The van der Waals surface area contributed by atoms with E-state index < -0.39 is 11.2 Å². The fourth-order valence-electron chi connectivity index (χ4n) is 3.21. The molecule has 0 bridgehead atoms. The third kappa shape index (κ3) is 2.94. The quantitative estimate of drug-likeness (QED) is 0.569. The van der Waals surface area contributed by atoms with Gasteiger partial charge in [0.1, 0.15) is 11.1 Å². The minimum absolute atomic E-state index is 0.186. The molecule has 3 heterocycles. The molecule has 8 nitrogen and oxygen atoms in total. The molecule has 0 aliphatic heterocycles. The maximum atomic E-state index is 12.7. The van der Waals surface area contributed by atoms with E-state index in [-0.39, 0.29) is 6.54 Å². The van der Waals surface area contributed by atoms with Gasteiger partial charge in [0.05, 0.1) is 26.7 Å². The monoisotopic (exact) mass is 380 g/mol. The van der Waals surface area contributed by atoms with Crippen molar-refractivity contribution >= 4 is 11.0 Å². The van der Waals surface area contributed by atoms with E-state index in [4.69, 9.17) is 13.9 Å². The van der Waals surface area contributed by atoms with Crippen molar-refractivity contribution in [2.24, 2.45) is 0 Å². The Kier molecular flexibility index (Phi) is 4.44. The van der Waals surface area contributed by atoms with Crippen molar-refractivity contribution in [3.8, 4) is 22.6 Å². The minimum atomic E-state index is -0.519. The first-order valence-corrected chi connectivity index (χ1v) is 8.54. The van der Waals surface area contributed by atoms with Gasteiger partial charge >= 0.3 is 5.69 Å². The van der Waals surface area contributed by atoms with Crippen LogP contribution >= 0.6 is 0 Å². The molecule has 142 valence electrons. The number of fused-ring (bicyclic) bond motifs is 1. The van der Waals surface area contributed by atoms with Crippen molar-refractivity contribution in [2.45, 2.75) is 6.54 Å². The van der Waals surface area contributed by atoms with Crippen LogP contribution in [0.1, 0.15) is 5.76 Å². The van der Waals surface area contributed by atoms with Crippen LogP contribution in [0, 0.1) is 0 Å². The van der Waals surface area contributed by atoms with Gasteiger partial charge in [0.2, 0.25) is 0 Å². The number of pyridine rings is 1. The molecular formula is C20H18N3O5+. The number of H-pyrrole nitrogens is 2. The number of methoxy groups -OCH3 is 2. The molecule has 1 aromatic carbocycles. The fraction of sp³-hybridized carbons (Fsp3) is 0.150. The van der Waals surface area contributed by atoms with Crippen LogP contribution in [0.15, 0.2) is 62.9 Å². The number of hydrogen-bond acceptors (Lipinski definition) is 5. The summed E-state index contributed by atoms with van der Waals surface area (Å²) in [6, 6.07) is 10.7. The Balaban J connectivity index is 1.96. The Morgan fingerprint density at radius 3 is 2.64 bits per heavy atom. The van der Waals surface area contributed by atoms with Crippen LogP contribution in [-0.2, 0) is 6.54 Å². The number of furan rings is 1. The molecule has 8 heteroatoms. The molecular weight excluding hydrogens is 362 g/mol. The van der Waals surface area contributed by atoms with Gasteiger partial charge in [0.25, 0.3) is 11.2 Å². The number of aromatic nitrogens is 3. The summed E-state index contributed by atoms with van der Waals surface area (Å²) in [5.74, 6) is 1.73. The highest BCUT2D eigenvalue weighted by atomic mass is 16.5. The summed E-state index contributed by atoms with van der Waals surface area (Å²) >= 11 is 0. The smallest absolute Gasteiger partial charge is 0.416 e. The molecule has 0 unspecified atom stereocenters. The van der Waals surface area contributed by atoms with Crippen LogP contribution in [0.25, 0.3) is 22.2 Å². The van der Waals surface area contributed by atoms with Crippen molar-refractivity contribution in [3.05, 3.63) is 75.5 Å². The van der Waals surface area contributed by atoms with Gasteiger partial charge in [-0.25, -0.2) is 9.78 Å². The maximum Gasteiger partial charge on any atom is 0.416 e. The topological polar surface area (TPSA) is 101 Å². The van der Waals surface area contributed by atoms with E-state index in [9.17, 15) is 9.59 Å². The van der Waals surface area contributed by atoms with Crippen molar-refractivity contribution in [1.82, 2.24) is 9.55 Å². The van der Waals surface area contributed by atoms with Crippen LogP contribution < -0.4 is 25.7 Å². The number of aromatic amines is 2. The Labute approximate surface area is 159 Å². The van der Waals surface area contributed by atoms with E-state index >= 15 is 0 Å². The van der Waals surface area contributed by atoms with Crippen molar-refractivity contribution < 1.29 is 18.9 Å². The Morgan fingerprint density at radius 2 is 1.93 bits per heavy atom. The van der Waals surface area contributed by atoms with Gasteiger partial charge < -0.3 is 13.9 Å². The average Bonchev–Trinajstić information content (AvgIpc) is 3.23. The predicted octanol–water partition coefficient (Wildman–Crippen LogP) is 1.83. The van der Waals surface area contributed by atoms with Crippen LogP contribution in [0.3, 0.4) is 0 Å². The molecule has 0 spiro atoms. The van der Waals surface area contributed by atoms with Crippen molar-refractivity contribution in [3.63, 3.8) is 0 Å². The van der Waals surface area contributed by atoms with E-state index in [2.05, 4.69) is 9.97 Å². The summed E-state index contributed by atoms with van der Waals surface area (Å²) in [6.45, 7) is 0.186. The Hall–Kier alpha value is -3.81. The zero-order chi connectivity index (χ0) is 19.7. The van der Waals surface area contributed by atoms with Gasteiger partial charge in [0, 0.05) is 5.56 Å². The summed E-state index contributed by atoms with van der Waals surface area (Å²) < 4.78 is 17.4. The molecule has 4 rings (SSSR count). The van der Waals surface area contributed by atoms with Gasteiger partial charge in [0.15, 0.2) is 18.0 Å². The van der Waals surface area contributed by atoms with E-state index in [0.717, 1.165) is 5.56 Å². The first-order chi connectivity index (χ1) is 13.6. The molecule has 0 radical (unpaired) electrons. The van der Waals surface area contributed by atoms with Crippen LogP contribution in [0.2, 0.25) is 0 Å². The van der Waals surface area contributed by atoms with E-state index in [1.807, 2.05) is 6.07 Å². The average molecular weight is 380 g/mol. The van der Waals surface area contributed by atoms with Crippen LogP contribution in [-0.4, -0.2) is 23.8 Å². The van der Waals surface area contributed by atoms with E-state index in [1.165, 1.54) is 10.8 Å². The highest BCUT2D eigenvalue weighted by Crippen LogP contribution is 2.33. The first-order valence-electron chi connectivity index (χ1n) is 8.54. The zero-order valence-corrected chi connectivity index (χ0v) is 15.3. The third-order valence-corrected chi connectivity index (χ3v) is 4.53. The first kappa shape index (κ1) is 17.6. The van der Waals surface area contributed by atoms with Crippen molar-refractivity contribution in [2.75, 3.05) is 14.2 Å². The lowest BCUT2D eigenvalue weighted by molar-refractivity contribution is -0.349. The maximum absolute atomic E-state index is 12.7. The molecule has 3 aromatic heterocycles. The van der Waals surface area contributed by atoms with Gasteiger partial charge in [-0.1, -0.05) is 6.07 Å². The van der Waals surface area contributed by atoms with Crippen LogP contribution in [0.4, 0.5) is 0 Å². The van der Waals surface area contributed by atoms with Crippen molar-refractivity contribution in [1.29, 1.82) is 0 Å². The second-order valence-electron chi connectivity index (χ2n) is 6.11. The summed E-state index contributed by atoms with van der Waals surface area (Å²) in [5.41, 5.74) is 0.818. The lowest BCUT2D eigenvalue weighted by Crippen LogP contribution is -2.34. The van der Waals surface area contributed by atoms with E-state index in [0.29, 0.717) is 33.9 Å². The normalized spacial score (nSPS) is 10.9. The summed E-state index contributed by atoms with van der Waals surface area (Å²) in [7, 11) is 3.11. The molecule has 0 saturated heterocycles. The second-order valence-corrected chi connectivity index (χ2v) is 6.11. The van der Waals surface area contributed by atoms with Gasteiger partial charge in [-0.05, 0) is 35.9 Å². The number of benzene rings is 1. The second kappa shape index (κ2) is 7.07. The highest BCUT2D eigenvalue weighted by molar-refractivity contribution is 5.90. The summed E-state index contributed by atoms with van der Waals surface area (Å²) in [4.78, 5) is 30.5. The highest BCUT2D eigenvalue weighted by Gasteiger charge is 2.21. The molecule has 28 heavy (non-hydrogen) atoms. The number of ether oxygens (including phenoxy) is 2. The number of rotatable bonds is 5. The standard InChI is InChI=1S/C20H17N3O5/c1-26-15-6-5-12(10-16(15)27-2)14-7-8-21-18-17(14)19(24)22-20(25)23(18)11-13-4-3-9-28-13/h3-10H,11H2,1-2H3,(H,22,24,25)/p+1. The summed E-state index contributed by atoms with van der Waals surface area (Å²) in [6.07, 6.45) is 3.22. The molecule has 0 saturated carbocycles. The van der Waals surface area contributed by atoms with E-state index in [1.54, 1.807) is 50.7 Å². The lowest BCUT2D eigenvalue weighted by Gasteiger charge is -2.10. The molecule has 0 atom stereocenters. The number of nitrogens with one attached hydrogen (secondary N) is 2. The zero-order valence-electron chi connectivity index (χ0n) is 15.3. The molecule has 0 aliphatic rings. The lowest BCUT2D eigenvalue weighted by atomic mass is 10.0. The van der Waals surface area contributed by atoms with Gasteiger partial charge in [-0.15, -0.1) is 0 Å². The third-order valence-electron chi connectivity index (χ3n) is 4.53. The molecule has 0 aliphatic carbocycles. The molecule has 0 fully saturated rings. The molecule has 4 aromatic rings. The largest absolute Gasteiger partial charge is 0.493 e. The predicted molar refractivity (Wildman–Crippen MR) is 102 cm³/mol. The molecule has 2 N–H and O–H groups in total. The van der Waals surface area contributed by atoms with Crippen LogP contribution in [0.5, 0.6) is 11.5 Å². The minimum Gasteiger partial charge on any atom is -0.493 e. The van der Waals surface area contributed by atoms with Gasteiger partial charge in [-0.3, -0.25) is 9.78 Å². The summed E-state index contributed by atoms with van der Waals surface area (Å²) in [5, 5.41) is 0.362. The fourth-order valence-corrected chi connectivity index (χ4v) is 3.21. The SMILES string of the molecule is COc1ccc(-c2cc[nH+]c3c2c(=O)[nH]c(=O)n3Cc2ccco2)cc1OC.